The van der Waals surface area contributed by atoms with Crippen LogP contribution in [-0.4, -0.2) is 23.9 Å². The Kier molecular flexibility index (Phi) is 4.40. The molecule has 0 spiro atoms. The summed E-state index contributed by atoms with van der Waals surface area (Å²) in [7, 11) is 0. The molecule has 0 amide bonds. The summed E-state index contributed by atoms with van der Waals surface area (Å²) in [6.45, 7) is 13.3. The topological polar surface area (TPSA) is 29.5 Å². The van der Waals surface area contributed by atoms with Crippen LogP contribution in [0.2, 0.25) is 0 Å². The van der Waals surface area contributed by atoms with Crippen molar-refractivity contribution in [3.63, 3.8) is 0 Å². The molecule has 2 heteroatoms. The van der Waals surface area contributed by atoms with Gasteiger partial charge < -0.3 is 9.84 Å². The van der Waals surface area contributed by atoms with E-state index in [1.54, 1.807) is 0 Å². The maximum absolute atomic E-state index is 9.18. The van der Waals surface area contributed by atoms with Crippen molar-refractivity contribution in [3.05, 3.63) is 0 Å². The zero-order valence-corrected chi connectivity index (χ0v) is 9.85. The molecule has 2 nitrogen and oxygen atoms in total. The van der Waals surface area contributed by atoms with Gasteiger partial charge in [0, 0.05) is 12.5 Å². The quantitative estimate of drug-likeness (QED) is 0.737. The number of aliphatic hydroxyl groups is 1. The number of hydrogen-bond acceptors (Lipinski definition) is 2. The fourth-order valence-electron chi connectivity index (χ4n) is 0.927. The van der Waals surface area contributed by atoms with E-state index in [1.165, 1.54) is 0 Å². The van der Waals surface area contributed by atoms with E-state index in [1.807, 2.05) is 20.8 Å². The maximum Gasteiger partial charge on any atom is 0.0598 e. The molecule has 1 atom stereocenters. The number of aliphatic hydroxyl groups excluding tert-OH is 1. The van der Waals surface area contributed by atoms with Crippen LogP contribution in [-0.2, 0) is 4.74 Å². The maximum atomic E-state index is 9.18. The molecule has 0 aliphatic heterocycles. The Bertz CT molecular complexity index is 139. The molecule has 1 unspecified atom stereocenters. The molecule has 0 aromatic rings. The minimum atomic E-state index is -0.112. The molecule has 13 heavy (non-hydrogen) atoms. The Morgan fingerprint density at radius 1 is 1.08 bits per heavy atom. The number of hydrogen-bond donors (Lipinski definition) is 1. The van der Waals surface area contributed by atoms with Crippen molar-refractivity contribution in [1.82, 2.24) is 0 Å². The zero-order chi connectivity index (χ0) is 10.7. The van der Waals surface area contributed by atoms with Crippen molar-refractivity contribution in [2.24, 2.45) is 11.3 Å². The molecular formula is C11H24O2. The van der Waals surface area contributed by atoms with Gasteiger partial charge in [0.25, 0.3) is 0 Å². The van der Waals surface area contributed by atoms with Gasteiger partial charge in [-0.1, -0.05) is 20.8 Å². The normalized spacial score (nSPS) is 15.9. The van der Waals surface area contributed by atoms with Crippen LogP contribution in [0.3, 0.4) is 0 Å². The lowest BCUT2D eigenvalue weighted by Gasteiger charge is -2.31. The van der Waals surface area contributed by atoms with Crippen LogP contribution in [0, 0.1) is 11.3 Å². The summed E-state index contributed by atoms with van der Waals surface area (Å²) in [6.07, 6.45) is 0. The molecule has 0 aliphatic carbocycles. The van der Waals surface area contributed by atoms with Crippen LogP contribution >= 0.6 is 0 Å². The first-order valence-corrected chi connectivity index (χ1v) is 4.91. The van der Waals surface area contributed by atoms with Gasteiger partial charge >= 0.3 is 0 Å². The third-order valence-electron chi connectivity index (χ3n) is 2.16. The van der Waals surface area contributed by atoms with Gasteiger partial charge in [-0.05, 0) is 26.2 Å². The molecule has 0 saturated heterocycles. The van der Waals surface area contributed by atoms with Crippen molar-refractivity contribution in [3.8, 4) is 0 Å². The van der Waals surface area contributed by atoms with E-state index >= 15 is 0 Å². The van der Waals surface area contributed by atoms with Crippen molar-refractivity contribution >= 4 is 0 Å². The van der Waals surface area contributed by atoms with Gasteiger partial charge in [-0.25, -0.2) is 0 Å². The molecule has 0 saturated carbocycles. The summed E-state index contributed by atoms with van der Waals surface area (Å²) >= 11 is 0. The Hall–Kier alpha value is -0.0800. The lowest BCUT2D eigenvalue weighted by atomic mass is 9.82. The monoisotopic (exact) mass is 188 g/mol. The SMILES string of the molecule is CC(C)(C)OCC(CO)C(C)(C)C. The predicted molar refractivity (Wildman–Crippen MR) is 55.7 cm³/mol. The van der Waals surface area contributed by atoms with Crippen LogP contribution in [0.25, 0.3) is 0 Å². The van der Waals surface area contributed by atoms with E-state index in [0.717, 1.165) is 0 Å². The summed E-state index contributed by atoms with van der Waals surface area (Å²) in [6, 6.07) is 0. The van der Waals surface area contributed by atoms with Crippen LogP contribution in [0.15, 0.2) is 0 Å². The molecule has 0 aromatic carbocycles. The van der Waals surface area contributed by atoms with Crippen LogP contribution in [0.1, 0.15) is 41.5 Å². The second-order valence-electron chi connectivity index (χ2n) is 5.67. The second kappa shape index (κ2) is 4.43. The zero-order valence-electron chi connectivity index (χ0n) is 9.85. The van der Waals surface area contributed by atoms with Gasteiger partial charge in [0.05, 0.1) is 12.2 Å². The first kappa shape index (κ1) is 12.9. The predicted octanol–water partition coefficient (Wildman–Crippen LogP) is 2.46. The largest absolute Gasteiger partial charge is 0.396 e. The molecule has 0 rings (SSSR count). The lowest BCUT2D eigenvalue weighted by Crippen LogP contribution is -2.32. The Labute approximate surface area is 82.3 Å². The van der Waals surface area contributed by atoms with Crippen LogP contribution in [0.5, 0.6) is 0 Å². The summed E-state index contributed by atoms with van der Waals surface area (Å²) in [5.41, 5.74) is -0.00132. The molecule has 0 radical (unpaired) electrons. The highest BCUT2D eigenvalue weighted by atomic mass is 16.5. The summed E-state index contributed by atoms with van der Waals surface area (Å²) in [5.74, 6) is 0.215. The number of rotatable bonds is 3. The minimum Gasteiger partial charge on any atom is -0.396 e. The van der Waals surface area contributed by atoms with Crippen molar-refractivity contribution in [1.29, 1.82) is 0 Å². The molecule has 80 valence electrons. The first-order chi connectivity index (χ1) is 5.67. The summed E-state index contributed by atoms with van der Waals surface area (Å²) in [5, 5.41) is 9.18. The fourth-order valence-corrected chi connectivity index (χ4v) is 0.927. The van der Waals surface area contributed by atoms with Crippen molar-refractivity contribution in [2.75, 3.05) is 13.2 Å². The highest BCUT2D eigenvalue weighted by Crippen LogP contribution is 2.26. The molecule has 0 aliphatic rings. The molecule has 0 fully saturated rings. The van der Waals surface area contributed by atoms with Crippen LogP contribution < -0.4 is 0 Å². The smallest absolute Gasteiger partial charge is 0.0598 e. The Morgan fingerprint density at radius 2 is 1.54 bits per heavy atom. The van der Waals surface area contributed by atoms with Gasteiger partial charge in [0.15, 0.2) is 0 Å². The van der Waals surface area contributed by atoms with E-state index < -0.39 is 0 Å². The first-order valence-electron chi connectivity index (χ1n) is 4.91. The molecule has 1 N–H and O–H groups in total. The molecule has 0 aromatic heterocycles. The fraction of sp³-hybridized carbons (Fsp3) is 1.00. The minimum absolute atomic E-state index is 0.111. The Morgan fingerprint density at radius 3 is 1.77 bits per heavy atom. The summed E-state index contributed by atoms with van der Waals surface area (Å²) in [4.78, 5) is 0. The van der Waals surface area contributed by atoms with Gasteiger partial charge in [0.1, 0.15) is 0 Å². The molecular weight excluding hydrogens is 164 g/mol. The molecule has 0 bridgehead atoms. The van der Waals surface area contributed by atoms with Gasteiger partial charge in [-0.3, -0.25) is 0 Å². The van der Waals surface area contributed by atoms with Gasteiger partial charge in [-0.15, -0.1) is 0 Å². The average Bonchev–Trinajstić information content (AvgIpc) is 1.82. The standard InChI is InChI=1S/C11H24O2/c1-10(2,3)9(7-12)8-13-11(4,5)6/h9,12H,7-8H2,1-6H3. The lowest BCUT2D eigenvalue weighted by molar-refractivity contribution is -0.0535. The average molecular weight is 188 g/mol. The van der Waals surface area contributed by atoms with Gasteiger partial charge in [0.2, 0.25) is 0 Å². The highest BCUT2D eigenvalue weighted by Gasteiger charge is 2.25. The Balaban J connectivity index is 4.02. The van der Waals surface area contributed by atoms with Gasteiger partial charge in [-0.2, -0.15) is 0 Å². The third kappa shape index (κ3) is 6.05. The van der Waals surface area contributed by atoms with Crippen LogP contribution in [0.4, 0.5) is 0 Å². The number of ether oxygens (including phenoxy) is 1. The van der Waals surface area contributed by atoms with Crippen molar-refractivity contribution in [2.45, 2.75) is 47.1 Å². The van der Waals surface area contributed by atoms with Crippen molar-refractivity contribution < 1.29 is 9.84 Å². The highest BCUT2D eigenvalue weighted by molar-refractivity contribution is 4.74. The van der Waals surface area contributed by atoms with E-state index in [9.17, 15) is 5.11 Å². The third-order valence-corrected chi connectivity index (χ3v) is 2.16. The van der Waals surface area contributed by atoms with E-state index in [-0.39, 0.29) is 23.5 Å². The van der Waals surface area contributed by atoms with E-state index in [2.05, 4.69) is 20.8 Å². The second-order valence-corrected chi connectivity index (χ2v) is 5.67. The van der Waals surface area contributed by atoms with E-state index in [0.29, 0.717) is 6.61 Å². The molecule has 0 heterocycles. The summed E-state index contributed by atoms with van der Waals surface area (Å²) < 4.78 is 5.65. The van der Waals surface area contributed by atoms with E-state index in [4.69, 9.17) is 4.74 Å².